The molecule has 0 fully saturated rings. The summed E-state index contributed by atoms with van der Waals surface area (Å²) < 4.78 is 39.2. The van der Waals surface area contributed by atoms with Crippen molar-refractivity contribution in [2.45, 2.75) is 12.7 Å². The first-order valence-corrected chi connectivity index (χ1v) is 8.04. The Labute approximate surface area is 153 Å². The summed E-state index contributed by atoms with van der Waals surface area (Å²) in [4.78, 5) is 20.1. The second-order valence-electron chi connectivity index (χ2n) is 5.48. The van der Waals surface area contributed by atoms with E-state index in [-0.39, 0.29) is 12.1 Å². The largest absolute Gasteiger partial charge is 0.416 e. The molecule has 0 bridgehead atoms. The van der Waals surface area contributed by atoms with Gasteiger partial charge in [-0.3, -0.25) is 14.5 Å². The lowest BCUT2D eigenvalue weighted by Crippen LogP contribution is -2.41. The lowest BCUT2D eigenvalue weighted by molar-refractivity contribution is -0.137. The zero-order chi connectivity index (χ0) is 19.9. The van der Waals surface area contributed by atoms with Gasteiger partial charge in [-0.2, -0.15) is 18.3 Å². The number of nitrogens with one attached hydrogen (secondary N) is 3. The van der Waals surface area contributed by atoms with Gasteiger partial charge in [-0.1, -0.05) is 0 Å². The van der Waals surface area contributed by atoms with Crippen LogP contribution in [0.4, 0.5) is 13.2 Å². The number of nitrogens with zero attached hydrogens (tertiary/aromatic N) is 4. The molecule has 0 atom stereocenters. The predicted octanol–water partition coefficient (Wildman–Crippen LogP) is 0.929. The van der Waals surface area contributed by atoms with Gasteiger partial charge in [0.15, 0.2) is 5.96 Å². The zero-order valence-electron chi connectivity index (χ0n) is 14.8. The molecule has 146 valence electrons. The highest BCUT2D eigenvalue weighted by Crippen LogP contribution is 2.28. The lowest BCUT2D eigenvalue weighted by atomic mass is 10.1. The Morgan fingerprint density at radius 2 is 1.81 bits per heavy atom. The average molecular weight is 383 g/mol. The van der Waals surface area contributed by atoms with Crippen LogP contribution in [0, 0.1) is 0 Å². The van der Waals surface area contributed by atoms with Crippen molar-refractivity contribution in [2.75, 3.05) is 20.1 Å². The van der Waals surface area contributed by atoms with Crippen LogP contribution in [-0.2, 0) is 19.8 Å². The van der Waals surface area contributed by atoms with E-state index < -0.39 is 17.6 Å². The number of alkyl halides is 3. The molecule has 0 aliphatic rings. The van der Waals surface area contributed by atoms with Gasteiger partial charge in [0, 0.05) is 32.7 Å². The van der Waals surface area contributed by atoms with Crippen molar-refractivity contribution in [3.05, 3.63) is 47.5 Å². The molecule has 0 saturated heterocycles. The smallest absolute Gasteiger partial charge is 0.355 e. The molecule has 0 saturated carbocycles. The molecule has 0 aliphatic carbocycles. The van der Waals surface area contributed by atoms with Crippen LogP contribution in [0.5, 0.6) is 0 Å². The topological polar surface area (TPSA) is 96.2 Å². The number of benzene rings is 1. The molecule has 2 rings (SSSR count). The van der Waals surface area contributed by atoms with Crippen LogP contribution in [0.3, 0.4) is 0 Å². The minimum atomic E-state index is -4.42. The van der Waals surface area contributed by atoms with Crippen LogP contribution in [0.25, 0.3) is 0 Å². The van der Waals surface area contributed by atoms with Gasteiger partial charge in [0.2, 0.25) is 0 Å². The van der Waals surface area contributed by atoms with Crippen molar-refractivity contribution < 1.29 is 18.0 Å². The van der Waals surface area contributed by atoms with Gasteiger partial charge in [-0.05, 0) is 24.3 Å². The molecule has 11 heteroatoms. The summed E-state index contributed by atoms with van der Waals surface area (Å²) in [6.07, 6.45) is -2.98. The molecular formula is C16H20F3N7O. The third kappa shape index (κ3) is 5.97. The van der Waals surface area contributed by atoms with E-state index in [2.05, 4.69) is 31.0 Å². The fourth-order valence-corrected chi connectivity index (χ4v) is 2.13. The molecule has 1 amide bonds. The normalized spacial score (nSPS) is 12.0. The Bertz CT molecular complexity index is 784. The van der Waals surface area contributed by atoms with E-state index in [4.69, 9.17) is 0 Å². The Morgan fingerprint density at radius 1 is 1.15 bits per heavy atom. The molecule has 0 unspecified atom stereocenters. The van der Waals surface area contributed by atoms with E-state index in [1.165, 1.54) is 6.33 Å². The van der Waals surface area contributed by atoms with Crippen molar-refractivity contribution >= 4 is 11.9 Å². The highest BCUT2D eigenvalue weighted by molar-refractivity contribution is 5.94. The van der Waals surface area contributed by atoms with E-state index in [9.17, 15) is 18.0 Å². The van der Waals surface area contributed by atoms with Gasteiger partial charge >= 0.3 is 6.18 Å². The van der Waals surface area contributed by atoms with E-state index in [1.54, 1.807) is 18.8 Å². The molecule has 2 aromatic rings. The van der Waals surface area contributed by atoms with Crippen molar-refractivity contribution in [1.82, 2.24) is 30.7 Å². The van der Waals surface area contributed by atoms with Gasteiger partial charge in [-0.25, -0.2) is 4.98 Å². The number of amides is 1. The molecule has 1 heterocycles. The summed E-state index contributed by atoms with van der Waals surface area (Å²) >= 11 is 0. The molecule has 0 spiro atoms. The summed E-state index contributed by atoms with van der Waals surface area (Å²) in [7, 11) is 3.38. The average Bonchev–Trinajstić information content (AvgIpc) is 3.05. The van der Waals surface area contributed by atoms with Gasteiger partial charge < -0.3 is 16.0 Å². The summed E-state index contributed by atoms with van der Waals surface area (Å²) in [6.45, 7) is 1.07. The van der Waals surface area contributed by atoms with Crippen LogP contribution in [0.1, 0.15) is 21.7 Å². The molecule has 27 heavy (non-hydrogen) atoms. The van der Waals surface area contributed by atoms with Crippen LogP contribution in [0.15, 0.2) is 35.6 Å². The second kappa shape index (κ2) is 9.01. The number of aromatic nitrogens is 3. The fraction of sp³-hybridized carbons (Fsp3) is 0.375. The van der Waals surface area contributed by atoms with Crippen LogP contribution >= 0.6 is 0 Å². The van der Waals surface area contributed by atoms with Gasteiger partial charge in [0.1, 0.15) is 12.2 Å². The highest BCUT2D eigenvalue weighted by atomic mass is 19.4. The van der Waals surface area contributed by atoms with Gasteiger partial charge in [-0.15, -0.1) is 0 Å². The highest BCUT2D eigenvalue weighted by Gasteiger charge is 2.30. The van der Waals surface area contributed by atoms with E-state index in [0.29, 0.717) is 19.0 Å². The Hall–Kier alpha value is -3.11. The quantitative estimate of drug-likeness (QED) is 0.392. The molecule has 8 nitrogen and oxygen atoms in total. The standard InChI is InChI=1S/C16H20F3N7O/c1-20-15(23-9-13-24-10-25-26(13)2)22-8-7-21-14(27)11-3-5-12(6-4-11)16(17,18)19/h3-6,10H,7-9H2,1-2H3,(H,21,27)(H2,20,22,23). The van der Waals surface area contributed by atoms with Crippen LogP contribution in [-0.4, -0.2) is 46.8 Å². The Kier molecular flexibility index (Phi) is 6.74. The summed E-state index contributed by atoms with van der Waals surface area (Å²) in [5, 5.41) is 12.6. The minimum absolute atomic E-state index is 0.160. The maximum absolute atomic E-state index is 12.5. The number of guanidine groups is 1. The minimum Gasteiger partial charge on any atom is -0.355 e. The molecule has 1 aromatic carbocycles. The predicted molar refractivity (Wildman–Crippen MR) is 93.0 cm³/mol. The Balaban J connectivity index is 1.73. The number of carbonyl (C=O) groups is 1. The monoisotopic (exact) mass is 383 g/mol. The molecular weight excluding hydrogens is 363 g/mol. The summed E-state index contributed by atoms with van der Waals surface area (Å²) in [6, 6.07) is 4.05. The third-order valence-electron chi connectivity index (χ3n) is 3.62. The number of carbonyl (C=O) groups excluding carboxylic acids is 1. The second-order valence-corrected chi connectivity index (χ2v) is 5.48. The van der Waals surface area contributed by atoms with E-state index in [1.807, 2.05) is 0 Å². The first-order valence-electron chi connectivity index (χ1n) is 8.04. The van der Waals surface area contributed by atoms with E-state index in [0.717, 1.165) is 30.1 Å². The summed E-state index contributed by atoms with van der Waals surface area (Å²) in [5.74, 6) is 0.794. The Morgan fingerprint density at radius 3 is 2.37 bits per heavy atom. The maximum atomic E-state index is 12.5. The molecule has 0 radical (unpaired) electrons. The van der Waals surface area contributed by atoms with Crippen molar-refractivity contribution in [2.24, 2.45) is 12.0 Å². The van der Waals surface area contributed by atoms with Crippen molar-refractivity contribution in [3.63, 3.8) is 0 Å². The lowest BCUT2D eigenvalue weighted by Gasteiger charge is -2.12. The number of hydrogen-bond acceptors (Lipinski definition) is 4. The van der Waals surface area contributed by atoms with Gasteiger partial charge in [0.05, 0.1) is 12.1 Å². The molecule has 3 N–H and O–H groups in total. The van der Waals surface area contributed by atoms with Crippen LogP contribution < -0.4 is 16.0 Å². The number of halogens is 3. The molecule has 1 aromatic heterocycles. The SMILES string of the molecule is CN=C(NCCNC(=O)c1ccc(C(F)(F)F)cc1)NCc1ncnn1C. The summed E-state index contributed by atoms with van der Waals surface area (Å²) in [5.41, 5.74) is -0.633. The van der Waals surface area contributed by atoms with Gasteiger partial charge in [0.25, 0.3) is 5.91 Å². The number of rotatable bonds is 6. The zero-order valence-corrected chi connectivity index (χ0v) is 14.8. The van der Waals surface area contributed by atoms with Crippen LogP contribution in [0.2, 0.25) is 0 Å². The number of hydrogen-bond donors (Lipinski definition) is 3. The van der Waals surface area contributed by atoms with Crippen molar-refractivity contribution in [1.29, 1.82) is 0 Å². The first-order chi connectivity index (χ1) is 12.8. The van der Waals surface area contributed by atoms with Crippen molar-refractivity contribution in [3.8, 4) is 0 Å². The van der Waals surface area contributed by atoms with E-state index >= 15 is 0 Å². The first kappa shape index (κ1) is 20.2. The number of aryl methyl sites for hydroxylation is 1. The molecule has 0 aliphatic heterocycles. The number of aliphatic imine (C=N–C) groups is 1. The third-order valence-corrected chi connectivity index (χ3v) is 3.62. The maximum Gasteiger partial charge on any atom is 0.416 e. The fourth-order valence-electron chi connectivity index (χ4n) is 2.13.